The van der Waals surface area contributed by atoms with E-state index in [0.29, 0.717) is 6.04 Å². The van der Waals surface area contributed by atoms with E-state index in [4.69, 9.17) is 0 Å². The van der Waals surface area contributed by atoms with Gasteiger partial charge >= 0.3 is 0 Å². The number of aromatic hydroxyl groups is 2. The lowest BCUT2D eigenvalue weighted by molar-refractivity contribution is 0.377. The molecule has 0 unspecified atom stereocenters. The molecule has 1 aliphatic heterocycles. The minimum absolute atomic E-state index is 0.0240. The van der Waals surface area contributed by atoms with Crippen molar-refractivity contribution in [3.8, 4) is 11.5 Å². The molecule has 2 aromatic rings. The van der Waals surface area contributed by atoms with Crippen LogP contribution in [0.1, 0.15) is 53.6 Å². The highest BCUT2D eigenvalue weighted by Gasteiger charge is 2.36. The van der Waals surface area contributed by atoms with Crippen molar-refractivity contribution in [3.05, 3.63) is 52.3 Å². The van der Waals surface area contributed by atoms with Crippen molar-refractivity contribution in [1.82, 2.24) is 10.3 Å². The summed E-state index contributed by atoms with van der Waals surface area (Å²) >= 11 is 0. The lowest BCUT2D eigenvalue weighted by Gasteiger charge is -2.39. The number of fused-ring (bicyclic) bond motifs is 5. The van der Waals surface area contributed by atoms with Crippen molar-refractivity contribution in [3.63, 3.8) is 0 Å². The highest BCUT2D eigenvalue weighted by atomic mass is 16.3. The summed E-state index contributed by atoms with van der Waals surface area (Å²) in [5.41, 5.74) is 5.93. The third-order valence-electron chi connectivity index (χ3n) is 5.16. The fraction of sp³-hybridized carbons (Fsp3) is 0.421. The highest BCUT2D eigenvalue weighted by Crippen LogP contribution is 2.44. The van der Waals surface area contributed by atoms with Crippen LogP contribution >= 0.6 is 0 Å². The first-order valence-corrected chi connectivity index (χ1v) is 8.43. The molecule has 0 spiro atoms. The van der Waals surface area contributed by atoms with Crippen molar-refractivity contribution >= 4 is 0 Å². The van der Waals surface area contributed by atoms with E-state index in [-0.39, 0.29) is 17.4 Å². The first-order chi connectivity index (χ1) is 11.2. The van der Waals surface area contributed by atoms with E-state index in [1.807, 2.05) is 6.20 Å². The summed E-state index contributed by atoms with van der Waals surface area (Å²) in [6.07, 6.45) is 6.10. The molecule has 0 fully saturated rings. The molecule has 0 saturated carbocycles. The zero-order valence-corrected chi connectivity index (χ0v) is 13.3. The maximum atomic E-state index is 9.97. The number of benzene rings is 1. The van der Waals surface area contributed by atoms with Crippen LogP contribution in [0.4, 0.5) is 0 Å². The fourth-order valence-electron chi connectivity index (χ4n) is 4.07. The molecule has 1 aromatic heterocycles. The summed E-state index contributed by atoms with van der Waals surface area (Å²) in [7, 11) is 0. The molecule has 23 heavy (non-hydrogen) atoms. The predicted molar refractivity (Wildman–Crippen MR) is 88.8 cm³/mol. The number of hydrogen-bond donors (Lipinski definition) is 3. The maximum absolute atomic E-state index is 9.97. The molecule has 4 heteroatoms. The molecule has 0 bridgehead atoms. The van der Waals surface area contributed by atoms with Gasteiger partial charge in [-0.2, -0.15) is 0 Å². The minimum atomic E-state index is -0.0332. The van der Waals surface area contributed by atoms with Crippen LogP contribution in [0, 0.1) is 0 Å². The fourth-order valence-corrected chi connectivity index (χ4v) is 4.07. The second kappa shape index (κ2) is 5.53. The van der Waals surface area contributed by atoms with Gasteiger partial charge in [0.2, 0.25) is 0 Å². The number of hydrogen-bond acceptors (Lipinski definition) is 4. The SMILES string of the molecule is CCCc1cnc2c(c1)[C@@H]1c3cc(O)c(O)cc3CC[C@H]1NC2. The van der Waals surface area contributed by atoms with E-state index >= 15 is 0 Å². The van der Waals surface area contributed by atoms with Gasteiger partial charge in [0.15, 0.2) is 11.5 Å². The molecule has 2 atom stereocenters. The Morgan fingerprint density at radius 3 is 2.83 bits per heavy atom. The number of nitrogens with zero attached hydrogens (tertiary/aromatic N) is 1. The maximum Gasteiger partial charge on any atom is 0.157 e. The van der Waals surface area contributed by atoms with Crippen molar-refractivity contribution in [2.45, 2.75) is 51.1 Å². The summed E-state index contributed by atoms with van der Waals surface area (Å²) in [6.45, 7) is 2.99. The average Bonchev–Trinajstić information content (AvgIpc) is 2.55. The number of phenols is 2. The van der Waals surface area contributed by atoms with Gasteiger partial charge < -0.3 is 15.5 Å². The first-order valence-electron chi connectivity index (χ1n) is 8.43. The summed E-state index contributed by atoms with van der Waals surface area (Å²) < 4.78 is 0. The number of rotatable bonds is 2. The van der Waals surface area contributed by atoms with Crippen LogP contribution in [0.2, 0.25) is 0 Å². The van der Waals surface area contributed by atoms with Gasteiger partial charge in [0.1, 0.15) is 0 Å². The molecule has 2 aliphatic rings. The second-order valence-corrected chi connectivity index (χ2v) is 6.67. The van der Waals surface area contributed by atoms with Gasteiger partial charge in [-0.25, -0.2) is 0 Å². The molecule has 1 aliphatic carbocycles. The Balaban J connectivity index is 1.86. The molecular formula is C19H22N2O2. The molecular weight excluding hydrogens is 288 g/mol. The Kier molecular flexibility index (Phi) is 3.49. The Hall–Kier alpha value is -2.07. The third-order valence-corrected chi connectivity index (χ3v) is 5.16. The van der Waals surface area contributed by atoms with E-state index < -0.39 is 0 Å². The average molecular weight is 310 g/mol. The lowest BCUT2D eigenvalue weighted by atomic mass is 9.73. The zero-order chi connectivity index (χ0) is 16.0. The summed E-state index contributed by atoms with van der Waals surface area (Å²) in [5, 5.41) is 23.4. The van der Waals surface area contributed by atoms with Crippen LogP contribution in [0.5, 0.6) is 11.5 Å². The van der Waals surface area contributed by atoms with Crippen LogP contribution in [-0.2, 0) is 19.4 Å². The van der Waals surface area contributed by atoms with Gasteiger partial charge in [-0.15, -0.1) is 0 Å². The van der Waals surface area contributed by atoms with Crippen LogP contribution in [0.25, 0.3) is 0 Å². The molecule has 0 amide bonds. The van der Waals surface area contributed by atoms with Crippen LogP contribution < -0.4 is 5.32 Å². The predicted octanol–water partition coefficient (Wildman–Crippen LogP) is 3.00. The van der Waals surface area contributed by atoms with Gasteiger partial charge in [0, 0.05) is 24.7 Å². The lowest BCUT2D eigenvalue weighted by Crippen LogP contribution is -2.43. The Labute approximate surface area is 136 Å². The topological polar surface area (TPSA) is 65.4 Å². The van der Waals surface area contributed by atoms with Crippen molar-refractivity contribution in [2.24, 2.45) is 0 Å². The Bertz CT molecular complexity index is 757. The van der Waals surface area contributed by atoms with E-state index in [1.54, 1.807) is 12.1 Å². The summed E-state index contributed by atoms with van der Waals surface area (Å²) in [4.78, 5) is 4.67. The number of phenolic OH excluding ortho intramolecular Hbond substituents is 2. The number of aromatic nitrogens is 1. The number of aryl methyl sites for hydroxylation is 2. The molecule has 3 N–H and O–H groups in total. The highest BCUT2D eigenvalue weighted by molar-refractivity contribution is 5.53. The van der Waals surface area contributed by atoms with E-state index in [1.165, 1.54) is 11.1 Å². The Morgan fingerprint density at radius 2 is 2.00 bits per heavy atom. The van der Waals surface area contributed by atoms with Gasteiger partial charge in [-0.3, -0.25) is 4.98 Å². The van der Waals surface area contributed by atoms with Gasteiger partial charge in [0.05, 0.1) is 5.69 Å². The van der Waals surface area contributed by atoms with Crippen molar-refractivity contribution < 1.29 is 10.2 Å². The molecule has 0 saturated heterocycles. The molecule has 120 valence electrons. The molecule has 2 heterocycles. The van der Waals surface area contributed by atoms with Crippen LogP contribution in [0.3, 0.4) is 0 Å². The van der Waals surface area contributed by atoms with Gasteiger partial charge in [-0.1, -0.05) is 19.4 Å². The first kappa shape index (κ1) is 14.5. The van der Waals surface area contributed by atoms with Crippen LogP contribution in [0.15, 0.2) is 24.4 Å². The largest absolute Gasteiger partial charge is 0.504 e. The zero-order valence-electron chi connectivity index (χ0n) is 13.3. The molecule has 4 rings (SSSR count). The van der Waals surface area contributed by atoms with Gasteiger partial charge in [-0.05, 0) is 53.6 Å². The summed E-state index contributed by atoms with van der Waals surface area (Å²) in [5.74, 6) is 0.150. The van der Waals surface area contributed by atoms with E-state index in [9.17, 15) is 10.2 Å². The van der Waals surface area contributed by atoms with Gasteiger partial charge in [0.25, 0.3) is 0 Å². The quantitative estimate of drug-likeness (QED) is 0.746. The van der Waals surface area contributed by atoms with Crippen molar-refractivity contribution in [1.29, 1.82) is 0 Å². The Morgan fingerprint density at radius 1 is 1.17 bits per heavy atom. The minimum Gasteiger partial charge on any atom is -0.504 e. The number of pyridine rings is 1. The monoisotopic (exact) mass is 310 g/mol. The number of nitrogens with one attached hydrogen (secondary N) is 1. The normalized spacial score (nSPS) is 22.1. The molecule has 1 aromatic carbocycles. The smallest absolute Gasteiger partial charge is 0.157 e. The third kappa shape index (κ3) is 2.38. The molecule has 4 nitrogen and oxygen atoms in total. The standard InChI is InChI=1S/C19H22N2O2/c1-2-3-11-6-14-16(20-9-11)10-21-15-5-4-12-7-17(22)18(23)8-13(12)19(14)15/h6-9,15,19,21-23H,2-5,10H2,1H3/t15-,19+/m1/s1. The van der Waals surface area contributed by atoms with E-state index in [0.717, 1.165) is 49.0 Å². The van der Waals surface area contributed by atoms with E-state index in [2.05, 4.69) is 23.3 Å². The van der Waals surface area contributed by atoms with Crippen molar-refractivity contribution in [2.75, 3.05) is 0 Å². The second-order valence-electron chi connectivity index (χ2n) is 6.67. The van der Waals surface area contributed by atoms with Crippen LogP contribution in [-0.4, -0.2) is 21.2 Å². The summed E-state index contributed by atoms with van der Waals surface area (Å²) in [6, 6.07) is 6.13. The molecule has 0 radical (unpaired) electrons.